The number of nitrogens with zero attached hydrogens (tertiary/aromatic N) is 1. The fourth-order valence-electron chi connectivity index (χ4n) is 4.39. The number of quaternary nitrogens is 1. The van der Waals surface area contributed by atoms with Gasteiger partial charge in [-0.15, -0.1) is 0 Å². The molecule has 1 aliphatic carbocycles. The smallest absolute Gasteiger partial charge is 0.115 e. The van der Waals surface area contributed by atoms with Crippen LogP contribution in [0.2, 0.25) is 0 Å². The first-order valence-electron chi connectivity index (χ1n) is 7.82. The molecule has 0 amide bonds. The Hall–Kier alpha value is -1.02. The average Bonchev–Trinajstić information content (AvgIpc) is 2.87. The first kappa shape index (κ1) is 13.0. The van der Waals surface area contributed by atoms with E-state index in [1.807, 2.05) is 12.1 Å². The van der Waals surface area contributed by atoms with Gasteiger partial charge in [0.15, 0.2) is 0 Å². The molecule has 3 rings (SSSR count). The van der Waals surface area contributed by atoms with Crippen molar-refractivity contribution in [1.82, 2.24) is 0 Å². The quantitative estimate of drug-likeness (QED) is 0.805. The van der Waals surface area contributed by atoms with Crippen molar-refractivity contribution in [3.8, 4) is 5.75 Å². The predicted octanol–water partition coefficient (Wildman–Crippen LogP) is 3.66. The van der Waals surface area contributed by atoms with Crippen LogP contribution in [0.4, 0.5) is 0 Å². The van der Waals surface area contributed by atoms with E-state index in [1.165, 1.54) is 61.7 Å². The number of aromatic hydroxyl groups is 1. The highest BCUT2D eigenvalue weighted by atomic mass is 16.3. The minimum absolute atomic E-state index is 0.422. The summed E-state index contributed by atoms with van der Waals surface area (Å²) in [5, 5.41) is 9.75. The standard InChI is InChI=1S/C17H25NO/c1-18(11-4-5-12-18)17-10-3-2-9-16(17)14-7-6-8-15(19)13-14/h6-8,13,16-17H,2-5,9-12H2,1H3/p+1/t16-,17-/m0/s1. The van der Waals surface area contributed by atoms with Gasteiger partial charge in [-0.1, -0.05) is 18.6 Å². The summed E-state index contributed by atoms with van der Waals surface area (Å²) in [5.41, 5.74) is 1.36. The lowest BCUT2D eigenvalue weighted by atomic mass is 9.78. The van der Waals surface area contributed by atoms with Crippen molar-refractivity contribution in [3.63, 3.8) is 0 Å². The van der Waals surface area contributed by atoms with Gasteiger partial charge in [-0.3, -0.25) is 0 Å². The van der Waals surface area contributed by atoms with Gasteiger partial charge in [-0.25, -0.2) is 0 Å². The van der Waals surface area contributed by atoms with Gasteiger partial charge in [0, 0.05) is 25.2 Å². The van der Waals surface area contributed by atoms with E-state index in [0.717, 1.165) is 6.04 Å². The SMILES string of the molecule is C[N+]1([C@H]2CCCC[C@H]2c2cccc(O)c2)CCCC1. The number of benzene rings is 1. The van der Waals surface area contributed by atoms with Crippen LogP contribution >= 0.6 is 0 Å². The monoisotopic (exact) mass is 260 g/mol. The van der Waals surface area contributed by atoms with Crippen molar-refractivity contribution in [3.05, 3.63) is 29.8 Å². The molecular formula is C17H26NO+. The molecule has 1 saturated carbocycles. The Balaban J connectivity index is 1.88. The second-order valence-corrected chi connectivity index (χ2v) is 6.69. The van der Waals surface area contributed by atoms with Gasteiger partial charge in [0.05, 0.1) is 26.2 Å². The zero-order valence-electron chi connectivity index (χ0n) is 12.0. The fraction of sp³-hybridized carbons (Fsp3) is 0.647. The highest BCUT2D eigenvalue weighted by molar-refractivity contribution is 5.30. The third-order valence-corrected chi connectivity index (χ3v) is 5.42. The van der Waals surface area contributed by atoms with E-state index < -0.39 is 0 Å². The molecule has 104 valence electrons. The number of hydrogen-bond donors (Lipinski definition) is 1. The van der Waals surface area contributed by atoms with E-state index in [4.69, 9.17) is 0 Å². The minimum atomic E-state index is 0.422. The van der Waals surface area contributed by atoms with Crippen LogP contribution in [0, 0.1) is 0 Å². The molecule has 1 N–H and O–H groups in total. The van der Waals surface area contributed by atoms with Gasteiger partial charge in [-0.2, -0.15) is 0 Å². The van der Waals surface area contributed by atoms with Crippen molar-refractivity contribution in [2.24, 2.45) is 0 Å². The lowest BCUT2D eigenvalue weighted by molar-refractivity contribution is -0.925. The largest absolute Gasteiger partial charge is 0.508 e. The van der Waals surface area contributed by atoms with Crippen molar-refractivity contribution in [2.45, 2.75) is 50.5 Å². The van der Waals surface area contributed by atoms with Crippen LogP contribution in [-0.4, -0.2) is 35.8 Å². The van der Waals surface area contributed by atoms with Crippen molar-refractivity contribution in [1.29, 1.82) is 0 Å². The second kappa shape index (κ2) is 5.16. The summed E-state index contributed by atoms with van der Waals surface area (Å²) < 4.78 is 1.26. The lowest BCUT2D eigenvalue weighted by Crippen LogP contribution is -2.53. The predicted molar refractivity (Wildman–Crippen MR) is 78.3 cm³/mol. The van der Waals surface area contributed by atoms with Crippen molar-refractivity contribution >= 4 is 0 Å². The Labute approximate surface area is 116 Å². The van der Waals surface area contributed by atoms with E-state index in [0.29, 0.717) is 11.7 Å². The highest BCUT2D eigenvalue weighted by Crippen LogP contribution is 2.41. The summed E-state index contributed by atoms with van der Waals surface area (Å²) in [7, 11) is 2.46. The maximum absolute atomic E-state index is 9.75. The van der Waals surface area contributed by atoms with Crippen molar-refractivity contribution in [2.75, 3.05) is 20.1 Å². The molecule has 0 spiro atoms. The van der Waals surface area contributed by atoms with Crippen LogP contribution in [-0.2, 0) is 0 Å². The number of rotatable bonds is 2. The topological polar surface area (TPSA) is 20.2 Å². The third-order valence-electron chi connectivity index (χ3n) is 5.42. The molecule has 2 nitrogen and oxygen atoms in total. The third kappa shape index (κ3) is 2.51. The molecule has 0 aromatic heterocycles. The zero-order valence-corrected chi connectivity index (χ0v) is 12.0. The fourth-order valence-corrected chi connectivity index (χ4v) is 4.39. The van der Waals surface area contributed by atoms with Crippen LogP contribution in [0.5, 0.6) is 5.75 Å². The molecule has 19 heavy (non-hydrogen) atoms. The van der Waals surface area contributed by atoms with Crippen LogP contribution in [0.25, 0.3) is 0 Å². The Bertz CT molecular complexity index is 437. The zero-order chi connectivity index (χ0) is 13.3. The Morgan fingerprint density at radius 2 is 1.79 bits per heavy atom. The van der Waals surface area contributed by atoms with Gasteiger partial charge in [0.25, 0.3) is 0 Å². The second-order valence-electron chi connectivity index (χ2n) is 6.69. The number of phenols is 1. The van der Waals surface area contributed by atoms with E-state index in [1.54, 1.807) is 6.07 Å². The summed E-state index contributed by atoms with van der Waals surface area (Å²) in [6.45, 7) is 2.69. The van der Waals surface area contributed by atoms with E-state index >= 15 is 0 Å². The van der Waals surface area contributed by atoms with Crippen molar-refractivity contribution < 1.29 is 9.59 Å². The Morgan fingerprint density at radius 1 is 1.05 bits per heavy atom. The summed E-state index contributed by atoms with van der Waals surface area (Å²) in [6.07, 6.45) is 8.16. The Morgan fingerprint density at radius 3 is 2.53 bits per heavy atom. The van der Waals surface area contributed by atoms with Crippen LogP contribution < -0.4 is 0 Å². The number of phenolic OH excluding ortho intramolecular Hbond substituents is 1. The first-order valence-corrected chi connectivity index (χ1v) is 7.82. The Kier molecular flexibility index (Phi) is 3.53. The summed E-state index contributed by atoms with van der Waals surface area (Å²) in [4.78, 5) is 0. The first-order chi connectivity index (χ1) is 9.19. The maximum atomic E-state index is 9.75. The molecule has 2 heteroatoms. The average molecular weight is 260 g/mol. The van der Waals surface area contributed by atoms with Gasteiger partial charge in [-0.05, 0) is 30.5 Å². The number of likely N-dealkylation sites (N-methyl/N-ethyl adjacent to an activating group) is 1. The molecule has 1 saturated heterocycles. The molecule has 0 radical (unpaired) electrons. The number of hydrogen-bond acceptors (Lipinski definition) is 1. The summed E-state index contributed by atoms with van der Waals surface area (Å²) >= 11 is 0. The summed E-state index contributed by atoms with van der Waals surface area (Å²) in [6, 6.07) is 8.75. The molecular weight excluding hydrogens is 234 g/mol. The molecule has 0 unspecified atom stereocenters. The molecule has 0 bridgehead atoms. The lowest BCUT2D eigenvalue weighted by Gasteiger charge is -2.44. The molecule has 1 aromatic carbocycles. The van der Waals surface area contributed by atoms with Crippen LogP contribution in [0.1, 0.15) is 50.0 Å². The van der Waals surface area contributed by atoms with E-state index in [-0.39, 0.29) is 0 Å². The van der Waals surface area contributed by atoms with E-state index in [2.05, 4.69) is 13.1 Å². The van der Waals surface area contributed by atoms with Crippen LogP contribution in [0.15, 0.2) is 24.3 Å². The minimum Gasteiger partial charge on any atom is -0.508 e. The molecule has 1 aromatic rings. The maximum Gasteiger partial charge on any atom is 0.115 e. The van der Waals surface area contributed by atoms with Gasteiger partial charge in [0.1, 0.15) is 5.75 Å². The normalized spacial score (nSPS) is 30.4. The van der Waals surface area contributed by atoms with Gasteiger partial charge >= 0.3 is 0 Å². The van der Waals surface area contributed by atoms with Gasteiger partial charge < -0.3 is 9.59 Å². The highest BCUT2D eigenvalue weighted by Gasteiger charge is 2.42. The molecule has 2 aliphatic rings. The summed E-state index contributed by atoms with van der Waals surface area (Å²) in [5.74, 6) is 1.06. The molecule has 1 aliphatic heterocycles. The number of likely N-dealkylation sites (tertiary alicyclic amines) is 1. The molecule has 2 atom stereocenters. The van der Waals surface area contributed by atoms with E-state index in [9.17, 15) is 5.11 Å². The van der Waals surface area contributed by atoms with Gasteiger partial charge in [0.2, 0.25) is 0 Å². The molecule has 2 fully saturated rings. The molecule has 1 heterocycles. The van der Waals surface area contributed by atoms with Crippen LogP contribution in [0.3, 0.4) is 0 Å².